The molecule has 174 valence electrons. The molecule has 0 radical (unpaired) electrons. The van der Waals surface area contributed by atoms with Gasteiger partial charge >= 0.3 is 0 Å². The first-order valence-corrected chi connectivity index (χ1v) is 12.0. The fourth-order valence-corrected chi connectivity index (χ4v) is 4.94. The minimum Gasteiger partial charge on any atom is -0.318 e. The number of ketones is 1. The highest BCUT2D eigenvalue weighted by Gasteiger charge is 2.20. The van der Waals surface area contributed by atoms with Crippen molar-refractivity contribution in [2.75, 3.05) is 5.75 Å². The summed E-state index contributed by atoms with van der Waals surface area (Å²) in [6.45, 7) is 3.84. The second kappa shape index (κ2) is 9.68. The Bertz CT molecular complexity index is 1480. The van der Waals surface area contributed by atoms with E-state index < -0.39 is 0 Å². The third-order valence-electron chi connectivity index (χ3n) is 5.73. The van der Waals surface area contributed by atoms with Gasteiger partial charge in [-0.1, -0.05) is 30.0 Å². The Kier molecular flexibility index (Phi) is 6.29. The van der Waals surface area contributed by atoms with E-state index in [4.69, 9.17) is 0 Å². The van der Waals surface area contributed by atoms with Crippen LogP contribution in [0.5, 0.6) is 0 Å². The first-order chi connectivity index (χ1) is 17.0. The second-order valence-corrected chi connectivity index (χ2v) is 8.96. The second-order valence-electron chi connectivity index (χ2n) is 8.02. The number of thioether (sulfide) groups is 1. The molecule has 0 aliphatic carbocycles. The molecule has 0 aliphatic rings. The molecule has 0 N–H and O–H groups in total. The predicted octanol–water partition coefficient (Wildman–Crippen LogP) is 5.85. The van der Waals surface area contributed by atoms with Crippen LogP contribution in [0.15, 0.2) is 90.3 Å². The van der Waals surface area contributed by atoms with Gasteiger partial charge in [0.2, 0.25) is 0 Å². The molecule has 0 spiro atoms. The van der Waals surface area contributed by atoms with Crippen molar-refractivity contribution >= 4 is 17.5 Å². The van der Waals surface area contributed by atoms with Gasteiger partial charge in [-0.05, 0) is 68.4 Å². The number of aromatic nitrogens is 5. The van der Waals surface area contributed by atoms with Gasteiger partial charge in [0, 0.05) is 46.3 Å². The van der Waals surface area contributed by atoms with Crippen molar-refractivity contribution in [3.63, 3.8) is 0 Å². The number of aryl methyl sites for hydroxylation is 1. The Morgan fingerprint density at radius 2 is 1.57 bits per heavy atom. The lowest BCUT2D eigenvalue weighted by Gasteiger charge is -2.11. The van der Waals surface area contributed by atoms with Crippen LogP contribution in [0.4, 0.5) is 4.39 Å². The average molecular weight is 484 g/mol. The molecule has 0 aliphatic heterocycles. The first-order valence-electron chi connectivity index (χ1n) is 11.0. The summed E-state index contributed by atoms with van der Waals surface area (Å²) in [5.41, 5.74) is 4.99. The van der Waals surface area contributed by atoms with Crippen LogP contribution in [0.25, 0.3) is 22.8 Å². The van der Waals surface area contributed by atoms with E-state index in [0.717, 1.165) is 28.3 Å². The number of Topliss-reactive ketones (excluding diaryl/α,β-unsaturated/α-hetero) is 1. The Hall–Kier alpha value is -4.04. The number of para-hydroxylation sites is 1. The normalized spacial score (nSPS) is 11.1. The van der Waals surface area contributed by atoms with Gasteiger partial charge in [0.25, 0.3) is 0 Å². The fourth-order valence-electron chi connectivity index (χ4n) is 4.10. The Morgan fingerprint density at radius 1 is 0.886 bits per heavy atom. The minimum atomic E-state index is -0.294. The van der Waals surface area contributed by atoms with Gasteiger partial charge < -0.3 is 4.57 Å². The predicted molar refractivity (Wildman–Crippen MR) is 135 cm³/mol. The van der Waals surface area contributed by atoms with Crippen molar-refractivity contribution in [2.45, 2.75) is 19.0 Å². The molecule has 6 nitrogen and oxygen atoms in total. The van der Waals surface area contributed by atoms with E-state index in [-0.39, 0.29) is 17.4 Å². The van der Waals surface area contributed by atoms with Gasteiger partial charge in [-0.25, -0.2) is 4.39 Å². The molecule has 2 aromatic carbocycles. The zero-order valence-electron chi connectivity index (χ0n) is 19.2. The standard InChI is InChI=1S/C27H22FN5OS/c1-18-16-24(19(2)32(18)23-10-8-21(28)9-11-23)25(34)17-35-27-31-30-26(20-12-14-29-15-13-20)33(27)22-6-4-3-5-7-22/h3-16H,17H2,1-2H3. The van der Waals surface area contributed by atoms with Crippen LogP contribution in [0.2, 0.25) is 0 Å². The summed E-state index contributed by atoms with van der Waals surface area (Å²) < 4.78 is 17.3. The van der Waals surface area contributed by atoms with Gasteiger partial charge in [-0.3, -0.25) is 14.3 Å². The van der Waals surface area contributed by atoms with Gasteiger partial charge in [-0.2, -0.15) is 0 Å². The van der Waals surface area contributed by atoms with Crippen molar-refractivity contribution in [3.8, 4) is 22.8 Å². The van der Waals surface area contributed by atoms with Crippen molar-refractivity contribution in [1.82, 2.24) is 24.3 Å². The summed E-state index contributed by atoms with van der Waals surface area (Å²) in [5, 5.41) is 9.44. The van der Waals surface area contributed by atoms with Gasteiger partial charge in [0.05, 0.1) is 5.75 Å². The quantitative estimate of drug-likeness (QED) is 0.215. The third-order valence-corrected chi connectivity index (χ3v) is 6.66. The van der Waals surface area contributed by atoms with E-state index in [1.165, 1.54) is 23.9 Å². The summed E-state index contributed by atoms with van der Waals surface area (Å²) in [4.78, 5) is 17.3. The van der Waals surface area contributed by atoms with Crippen molar-refractivity contribution in [1.29, 1.82) is 0 Å². The Balaban J connectivity index is 1.44. The van der Waals surface area contributed by atoms with E-state index in [0.29, 0.717) is 16.5 Å². The highest BCUT2D eigenvalue weighted by Crippen LogP contribution is 2.29. The maximum absolute atomic E-state index is 13.4. The lowest BCUT2D eigenvalue weighted by Crippen LogP contribution is -2.07. The number of carbonyl (C=O) groups is 1. The van der Waals surface area contributed by atoms with Crippen LogP contribution >= 0.6 is 11.8 Å². The first kappa shape index (κ1) is 22.7. The monoisotopic (exact) mass is 483 g/mol. The van der Waals surface area contributed by atoms with E-state index in [9.17, 15) is 9.18 Å². The fraction of sp³-hybridized carbons (Fsp3) is 0.111. The van der Waals surface area contributed by atoms with Crippen LogP contribution in [-0.4, -0.2) is 35.9 Å². The number of carbonyl (C=O) groups excluding carboxylic acids is 1. The molecular formula is C27H22FN5OS. The van der Waals surface area contributed by atoms with Crippen LogP contribution < -0.4 is 0 Å². The SMILES string of the molecule is Cc1cc(C(=O)CSc2nnc(-c3ccncc3)n2-c2ccccc2)c(C)n1-c1ccc(F)cc1. The average Bonchev–Trinajstić information content (AvgIpc) is 3.44. The number of benzene rings is 2. The third kappa shape index (κ3) is 4.52. The highest BCUT2D eigenvalue weighted by molar-refractivity contribution is 7.99. The molecular weight excluding hydrogens is 461 g/mol. The van der Waals surface area contributed by atoms with E-state index in [1.807, 2.05) is 71.5 Å². The van der Waals surface area contributed by atoms with E-state index in [2.05, 4.69) is 15.2 Å². The number of pyridine rings is 1. The molecule has 0 saturated heterocycles. The number of rotatable bonds is 7. The van der Waals surface area contributed by atoms with Gasteiger partial charge in [0.1, 0.15) is 5.82 Å². The molecule has 0 fully saturated rings. The van der Waals surface area contributed by atoms with Crippen LogP contribution in [0, 0.1) is 19.7 Å². The summed E-state index contributed by atoms with van der Waals surface area (Å²) >= 11 is 1.35. The molecule has 5 aromatic rings. The minimum absolute atomic E-state index is 0.00969. The summed E-state index contributed by atoms with van der Waals surface area (Å²) in [5.74, 6) is 0.583. The largest absolute Gasteiger partial charge is 0.318 e. The topological polar surface area (TPSA) is 65.6 Å². The summed E-state index contributed by atoms with van der Waals surface area (Å²) in [6, 6.07) is 21.7. The van der Waals surface area contributed by atoms with Crippen LogP contribution in [0.1, 0.15) is 21.7 Å². The molecule has 35 heavy (non-hydrogen) atoms. The lowest BCUT2D eigenvalue weighted by molar-refractivity contribution is 0.102. The summed E-state index contributed by atoms with van der Waals surface area (Å²) in [6.07, 6.45) is 3.43. The molecule has 0 unspecified atom stereocenters. The number of halogens is 1. The highest BCUT2D eigenvalue weighted by atomic mass is 32.2. The Morgan fingerprint density at radius 3 is 2.29 bits per heavy atom. The lowest BCUT2D eigenvalue weighted by atomic mass is 10.2. The Labute approximate surface area is 206 Å². The zero-order chi connectivity index (χ0) is 24.4. The van der Waals surface area contributed by atoms with Gasteiger partial charge in [0.15, 0.2) is 16.8 Å². The van der Waals surface area contributed by atoms with Crippen molar-refractivity contribution in [2.24, 2.45) is 0 Å². The number of nitrogens with zero attached hydrogens (tertiary/aromatic N) is 5. The number of hydrogen-bond donors (Lipinski definition) is 0. The maximum atomic E-state index is 13.4. The zero-order valence-corrected chi connectivity index (χ0v) is 20.0. The van der Waals surface area contributed by atoms with Gasteiger partial charge in [-0.15, -0.1) is 10.2 Å². The summed E-state index contributed by atoms with van der Waals surface area (Å²) in [7, 11) is 0. The smallest absolute Gasteiger partial charge is 0.196 e. The molecule has 0 saturated carbocycles. The molecule has 3 aromatic heterocycles. The maximum Gasteiger partial charge on any atom is 0.196 e. The molecule has 0 amide bonds. The van der Waals surface area contributed by atoms with Crippen LogP contribution in [0.3, 0.4) is 0 Å². The van der Waals surface area contributed by atoms with Crippen molar-refractivity contribution in [3.05, 3.63) is 108 Å². The molecule has 0 bridgehead atoms. The van der Waals surface area contributed by atoms with E-state index >= 15 is 0 Å². The van der Waals surface area contributed by atoms with Crippen molar-refractivity contribution < 1.29 is 9.18 Å². The number of hydrogen-bond acceptors (Lipinski definition) is 5. The van der Waals surface area contributed by atoms with E-state index in [1.54, 1.807) is 24.5 Å². The molecule has 5 rings (SSSR count). The molecule has 8 heteroatoms. The van der Waals surface area contributed by atoms with Crippen LogP contribution in [-0.2, 0) is 0 Å². The molecule has 3 heterocycles. The molecule has 0 atom stereocenters.